The summed E-state index contributed by atoms with van der Waals surface area (Å²) in [7, 11) is 0. The summed E-state index contributed by atoms with van der Waals surface area (Å²) in [6.45, 7) is 0.0111. The van der Waals surface area contributed by atoms with Crippen molar-refractivity contribution >= 4 is 23.2 Å². The van der Waals surface area contributed by atoms with Gasteiger partial charge in [-0.1, -0.05) is 11.6 Å². The van der Waals surface area contributed by atoms with Crippen LogP contribution in [0.1, 0.15) is 5.69 Å². The van der Waals surface area contributed by atoms with Gasteiger partial charge in [-0.05, 0) is 0 Å². The predicted octanol–water partition coefficient (Wildman–Crippen LogP) is 1.81. The molecule has 0 aliphatic heterocycles. The van der Waals surface area contributed by atoms with Gasteiger partial charge in [0.25, 0.3) is 0 Å². The Morgan fingerprint density at radius 3 is 2.72 bits per heavy atom. The fourth-order valence-corrected chi connectivity index (χ4v) is 1.57. The highest BCUT2D eigenvalue weighted by atomic mass is 35.5. The fourth-order valence-electron chi connectivity index (χ4n) is 1.39. The van der Waals surface area contributed by atoms with Crippen LogP contribution in [0.15, 0.2) is 12.3 Å². The maximum atomic E-state index is 12.5. The van der Waals surface area contributed by atoms with Crippen molar-refractivity contribution in [2.75, 3.05) is 18.5 Å². The summed E-state index contributed by atoms with van der Waals surface area (Å²) in [5, 5.41) is 11.4. The summed E-state index contributed by atoms with van der Waals surface area (Å²) in [5.41, 5.74) is -1.05. The van der Waals surface area contributed by atoms with Gasteiger partial charge in [-0.25, -0.2) is 9.97 Å². The molecule has 0 amide bonds. The fraction of sp³-hybridized carbons (Fsp3) is 0.333. The molecular weight excluding hydrogens is 273 g/mol. The van der Waals surface area contributed by atoms with E-state index in [9.17, 15) is 13.2 Å². The first kappa shape index (κ1) is 12.9. The van der Waals surface area contributed by atoms with Crippen LogP contribution in [0.4, 0.5) is 19.0 Å². The van der Waals surface area contributed by atoms with Crippen LogP contribution >= 0.6 is 11.6 Å². The third-order valence-corrected chi connectivity index (χ3v) is 2.31. The van der Waals surface area contributed by atoms with Crippen LogP contribution in [-0.4, -0.2) is 32.6 Å². The molecule has 0 saturated heterocycles. The number of alkyl halides is 3. The number of hydrogen-bond acceptors (Lipinski definition) is 4. The van der Waals surface area contributed by atoms with Gasteiger partial charge in [0.1, 0.15) is 11.0 Å². The van der Waals surface area contributed by atoms with Gasteiger partial charge in [0.05, 0.1) is 6.61 Å². The maximum Gasteiger partial charge on any atom is 0.434 e. The van der Waals surface area contributed by atoms with Crippen molar-refractivity contribution in [2.24, 2.45) is 0 Å². The minimum Gasteiger partial charge on any atom is -0.395 e. The van der Waals surface area contributed by atoms with E-state index in [2.05, 4.69) is 15.3 Å². The van der Waals surface area contributed by atoms with Crippen molar-refractivity contribution in [2.45, 2.75) is 6.18 Å². The summed E-state index contributed by atoms with van der Waals surface area (Å²) < 4.78 is 38.7. The summed E-state index contributed by atoms with van der Waals surface area (Å²) in [5.74, 6) is 0.123. The first-order valence-corrected chi connectivity index (χ1v) is 5.27. The average Bonchev–Trinajstić information content (AvgIpc) is 2.69. The molecule has 9 heteroatoms. The molecule has 0 saturated carbocycles. The third kappa shape index (κ3) is 2.49. The van der Waals surface area contributed by atoms with E-state index in [0.29, 0.717) is 0 Å². The van der Waals surface area contributed by atoms with Gasteiger partial charge in [-0.2, -0.15) is 13.2 Å². The quantitative estimate of drug-likeness (QED) is 0.842. The average molecular weight is 281 g/mol. The SMILES string of the molecule is OCCNc1cc(Cl)nc2nc(C(F)(F)F)cn12. The minimum atomic E-state index is -4.55. The van der Waals surface area contributed by atoms with E-state index in [0.717, 1.165) is 10.6 Å². The van der Waals surface area contributed by atoms with Crippen LogP contribution < -0.4 is 5.32 Å². The number of nitrogens with one attached hydrogen (secondary N) is 1. The zero-order chi connectivity index (χ0) is 13.3. The van der Waals surface area contributed by atoms with Gasteiger partial charge in [-0.15, -0.1) is 0 Å². The van der Waals surface area contributed by atoms with E-state index < -0.39 is 11.9 Å². The van der Waals surface area contributed by atoms with Crippen molar-refractivity contribution in [1.29, 1.82) is 0 Å². The first-order chi connectivity index (χ1) is 8.41. The molecular formula is C9H8ClF3N4O. The second kappa shape index (κ2) is 4.62. The highest BCUT2D eigenvalue weighted by molar-refractivity contribution is 6.29. The standard InChI is InChI=1S/C9H8ClF3N4O/c10-6-3-7(14-1-2-18)17-4-5(9(11,12)13)15-8(17)16-6/h3-4,14,18H,1-2H2. The van der Waals surface area contributed by atoms with E-state index in [-0.39, 0.29) is 29.9 Å². The molecule has 2 N–H and O–H groups in total. The van der Waals surface area contributed by atoms with Gasteiger partial charge in [0, 0.05) is 18.8 Å². The number of aliphatic hydroxyl groups excluding tert-OH is 1. The number of anilines is 1. The number of hydrogen-bond donors (Lipinski definition) is 2. The molecule has 0 aromatic carbocycles. The molecule has 0 atom stereocenters. The molecule has 2 aromatic heterocycles. The van der Waals surface area contributed by atoms with Crippen molar-refractivity contribution < 1.29 is 18.3 Å². The number of imidazole rings is 1. The molecule has 0 spiro atoms. The van der Waals surface area contributed by atoms with E-state index >= 15 is 0 Å². The molecule has 2 heterocycles. The predicted molar refractivity (Wildman–Crippen MR) is 58.6 cm³/mol. The van der Waals surface area contributed by atoms with Crippen LogP contribution in [-0.2, 0) is 6.18 Å². The monoisotopic (exact) mass is 280 g/mol. The Morgan fingerprint density at radius 1 is 1.39 bits per heavy atom. The van der Waals surface area contributed by atoms with E-state index in [4.69, 9.17) is 16.7 Å². The molecule has 18 heavy (non-hydrogen) atoms. The maximum absolute atomic E-state index is 12.5. The highest BCUT2D eigenvalue weighted by Crippen LogP contribution is 2.29. The van der Waals surface area contributed by atoms with E-state index in [1.807, 2.05) is 0 Å². The van der Waals surface area contributed by atoms with E-state index in [1.165, 1.54) is 6.07 Å². The topological polar surface area (TPSA) is 62.5 Å². The number of fused-ring (bicyclic) bond motifs is 1. The molecule has 0 unspecified atom stereocenters. The number of aromatic nitrogens is 3. The zero-order valence-electron chi connectivity index (χ0n) is 8.87. The summed E-state index contributed by atoms with van der Waals surface area (Å²) in [6, 6.07) is 1.35. The second-order valence-corrected chi connectivity index (χ2v) is 3.80. The Balaban J connectivity index is 2.53. The molecule has 0 fully saturated rings. The van der Waals surface area contributed by atoms with Gasteiger partial charge in [0.15, 0.2) is 5.69 Å². The van der Waals surface area contributed by atoms with Gasteiger partial charge < -0.3 is 10.4 Å². The summed E-state index contributed by atoms with van der Waals surface area (Å²) in [4.78, 5) is 7.05. The number of rotatable bonds is 3. The first-order valence-electron chi connectivity index (χ1n) is 4.89. The molecule has 5 nitrogen and oxygen atoms in total. The van der Waals surface area contributed by atoms with Crippen LogP contribution in [0, 0.1) is 0 Å². The second-order valence-electron chi connectivity index (χ2n) is 3.41. The van der Waals surface area contributed by atoms with Crippen molar-refractivity contribution in [1.82, 2.24) is 14.4 Å². The van der Waals surface area contributed by atoms with Crippen molar-refractivity contribution in [3.8, 4) is 0 Å². The van der Waals surface area contributed by atoms with Crippen LogP contribution in [0.3, 0.4) is 0 Å². The highest BCUT2D eigenvalue weighted by Gasteiger charge is 2.34. The third-order valence-electron chi connectivity index (χ3n) is 2.12. The smallest absolute Gasteiger partial charge is 0.395 e. The normalized spacial score (nSPS) is 12.1. The minimum absolute atomic E-state index is 0.0160. The Labute approximate surface area is 104 Å². The van der Waals surface area contributed by atoms with Crippen molar-refractivity contribution in [3.05, 3.63) is 23.1 Å². The van der Waals surface area contributed by atoms with Crippen LogP contribution in [0.5, 0.6) is 0 Å². The Kier molecular flexibility index (Phi) is 3.31. The molecule has 98 valence electrons. The van der Waals surface area contributed by atoms with Crippen LogP contribution in [0.25, 0.3) is 5.78 Å². The molecule has 2 rings (SSSR count). The molecule has 0 bridgehead atoms. The lowest BCUT2D eigenvalue weighted by molar-refractivity contribution is -0.140. The zero-order valence-corrected chi connectivity index (χ0v) is 9.63. The van der Waals surface area contributed by atoms with Crippen molar-refractivity contribution in [3.63, 3.8) is 0 Å². The number of aliphatic hydroxyl groups is 1. The number of nitrogens with zero attached hydrogens (tertiary/aromatic N) is 3. The lowest BCUT2D eigenvalue weighted by Crippen LogP contribution is -2.09. The molecule has 2 aromatic rings. The molecule has 0 aliphatic carbocycles. The van der Waals surface area contributed by atoms with Gasteiger partial charge in [-0.3, -0.25) is 4.40 Å². The lowest BCUT2D eigenvalue weighted by atomic mass is 10.5. The van der Waals surface area contributed by atoms with Gasteiger partial charge in [0.2, 0.25) is 5.78 Å². The molecule has 0 aliphatic rings. The largest absolute Gasteiger partial charge is 0.434 e. The Bertz CT molecular complexity index is 569. The van der Waals surface area contributed by atoms with E-state index in [1.54, 1.807) is 0 Å². The Morgan fingerprint density at radius 2 is 2.11 bits per heavy atom. The summed E-state index contributed by atoms with van der Waals surface area (Å²) >= 11 is 5.68. The Hall–Kier alpha value is -1.54. The van der Waals surface area contributed by atoms with Gasteiger partial charge >= 0.3 is 6.18 Å². The number of halogens is 4. The lowest BCUT2D eigenvalue weighted by Gasteiger charge is -2.07. The van der Waals surface area contributed by atoms with Crippen LogP contribution in [0.2, 0.25) is 5.15 Å². The summed E-state index contributed by atoms with van der Waals surface area (Å²) in [6.07, 6.45) is -3.73. The molecule has 0 radical (unpaired) electrons.